The van der Waals surface area contributed by atoms with Gasteiger partial charge in [-0.15, -0.1) is 0 Å². The summed E-state index contributed by atoms with van der Waals surface area (Å²) < 4.78 is 7.48. The van der Waals surface area contributed by atoms with E-state index in [1.165, 1.54) is 22.0 Å². The first-order valence-electron chi connectivity index (χ1n) is 7.21. The minimum absolute atomic E-state index is 0.583. The van der Waals surface area contributed by atoms with Crippen LogP contribution in [0.4, 0.5) is 0 Å². The zero-order chi connectivity index (χ0) is 14.7. The topological polar surface area (TPSA) is 40.2 Å². The molecule has 0 fully saturated rings. The van der Waals surface area contributed by atoms with Crippen molar-refractivity contribution in [3.8, 4) is 5.75 Å². The molecule has 108 valence electrons. The van der Waals surface area contributed by atoms with Crippen LogP contribution in [0.2, 0.25) is 0 Å². The van der Waals surface area contributed by atoms with Crippen molar-refractivity contribution in [1.82, 2.24) is 4.57 Å². The van der Waals surface area contributed by atoms with Gasteiger partial charge in [-0.05, 0) is 41.8 Å². The Balaban J connectivity index is 1.78. The van der Waals surface area contributed by atoms with Gasteiger partial charge in [-0.1, -0.05) is 24.3 Å². The van der Waals surface area contributed by atoms with Gasteiger partial charge >= 0.3 is 0 Å². The Morgan fingerprint density at radius 2 is 1.86 bits per heavy atom. The fourth-order valence-corrected chi connectivity index (χ4v) is 2.70. The Morgan fingerprint density at radius 1 is 1.05 bits per heavy atom. The van der Waals surface area contributed by atoms with Crippen LogP contribution in [0.1, 0.15) is 11.1 Å². The maximum absolute atomic E-state index is 5.80. The normalized spacial score (nSPS) is 11.0. The molecule has 0 amide bonds. The molecule has 3 aromatic rings. The SMILES string of the molecule is COc1ccc(CCn2ccc3c(CN)cccc32)cc1. The molecule has 0 aliphatic rings. The monoisotopic (exact) mass is 280 g/mol. The lowest BCUT2D eigenvalue weighted by atomic mass is 10.1. The molecule has 1 aromatic heterocycles. The number of nitrogens with zero attached hydrogens (tertiary/aromatic N) is 1. The van der Waals surface area contributed by atoms with Crippen molar-refractivity contribution in [2.75, 3.05) is 7.11 Å². The van der Waals surface area contributed by atoms with E-state index >= 15 is 0 Å². The Labute approximate surface area is 125 Å². The molecule has 1 heterocycles. The Morgan fingerprint density at radius 3 is 2.57 bits per heavy atom. The first-order valence-corrected chi connectivity index (χ1v) is 7.21. The van der Waals surface area contributed by atoms with E-state index < -0.39 is 0 Å². The second-order valence-electron chi connectivity index (χ2n) is 5.16. The standard InChI is InChI=1S/C18H20N2O/c1-21-16-7-5-14(6-8-16)9-11-20-12-10-17-15(13-19)3-2-4-18(17)20/h2-8,10,12H,9,11,13,19H2,1H3. The molecule has 0 radical (unpaired) electrons. The van der Waals surface area contributed by atoms with E-state index in [9.17, 15) is 0 Å². The van der Waals surface area contributed by atoms with Gasteiger partial charge in [0.05, 0.1) is 7.11 Å². The molecule has 0 saturated heterocycles. The van der Waals surface area contributed by atoms with Gasteiger partial charge in [0.25, 0.3) is 0 Å². The van der Waals surface area contributed by atoms with Crippen LogP contribution in [0.25, 0.3) is 10.9 Å². The highest BCUT2D eigenvalue weighted by atomic mass is 16.5. The third kappa shape index (κ3) is 2.78. The first-order chi connectivity index (χ1) is 10.3. The molecule has 0 atom stereocenters. The number of benzene rings is 2. The summed E-state index contributed by atoms with van der Waals surface area (Å²) in [7, 11) is 1.69. The van der Waals surface area contributed by atoms with Gasteiger partial charge in [0.1, 0.15) is 5.75 Å². The van der Waals surface area contributed by atoms with Crippen molar-refractivity contribution < 1.29 is 4.74 Å². The second kappa shape index (κ2) is 6.02. The van der Waals surface area contributed by atoms with E-state index in [1.54, 1.807) is 7.11 Å². The number of aryl methyl sites for hydroxylation is 2. The molecule has 0 spiro atoms. The van der Waals surface area contributed by atoms with Gasteiger partial charge in [-0.3, -0.25) is 0 Å². The third-order valence-electron chi connectivity index (χ3n) is 3.92. The van der Waals surface area contributed by atoms with Gasteiger partial charge in [0.2, 0.25) is 0 Å². The maximum Gasteiger partial charge on any atom is 0.118 e. The van der Waals surface area contributed by atoms with Gasteiger partial charge in [0, 0.05) is 30.2 Å². The zero-order valence-electron chi connectivity index (χ0n) is 12.3. The smallest absolute Gasteiger partial charge is 0.118 e. The van der Waals surface area contributed by atoms with Crippen LogP contribution in [0, 0.1) is 0 Å². The van der Waals surface area contributed by atoms with E-state index in [1.807, 2.05) is 12.1 Å². The lowest BCUT2D eigenvalue weighted by molar-refractivity contribution is 0.414. The molecule has 2 aromatic carbocycles. The fourth-order valence-electron chi connectivity index (χ4n) is 2.70. The van der Waals surface area contributed by atoms with Crippen molar-refractivity contribution in [2.24, 2.45) is 5.73 Å². The van der Waals surface area contributed by atoms with Crippen LogP contribution >= 0.6 is 0 Å². The van der Waals surface area contributed by atoms with Crippen LogP contribution in [0.3, 0.4) is 0 Å². The molecule has 0 aliphatic carbocycles. The summed E-state index contributed by atoms with van der Waals surface area (Å²) in [4.78, 5) is 0. The number of ether oxygens (including phenoxy) is 1. The molecule has 0 aliphatic heterocycles. The number of rotatable bonds is 5. The minimum Gasteiger partial charge on any atom is -0.497 e. The summed E-state index contributed by atoms with van der Waals surface area (Å²) in [5.74, 6) is 0.901. The predicted molar refractivity (Wildman–Crippen MR) is 86.5 cm³/mol. The lowest BCUT2D eigenvalue weighted by Crippen LogP contribution is -2.01. The van der Waals surface area contributed by atoms with E-state index in [4.69, 9.17) is 10.5 Å². The number of fused-ring (bicyclic) bond motifs is 1. The number of nitrogens with two attached hydrogens (primary N) is 1. The highest BCUT2D eigenvalue weighted by Gasteiger charge is 2.04. The number of hydrogen-bond donors (Lipinski definition) is 1. The molecular formula is C18H20N2O. The van der Waals surface area contributed by atoms with Crippen molar-refractivity contribution >= 4 is 10.9 Å². The molecule has 0 unspecified atom stereocenters. The van der Waals surface area contributed by atoms with Crippen molar-refractivity contribution in [3.63, 3.8) is 0 Å². The third-order valence-corrected chi connectivity index (χ3v) is 3.92. The maximum atomic E-state index is 5.80. The highest BCUT2D eigenvalue weighted by molar-refractivity contribution is 5.83. The average molecular weight is 280 g/mol. The van der Waals surface area contributed by atoms with Crippen molar-refractivity contribution in [1.29, 1.82) is 0 Å². The lowest BCUT2D eigenvalue weighted by Gasteiger charge is -2.07. The number of methoxy groups -OCH3 is 1. The second-order valence-corrected chi connectivity index (χ2v) is 5.16. The molecule has 0 saturated carbocycles. The largest absolute Gasteiger partial charge is 0.497 e. The van der Waals surface area contributed by atoms with Crippen LogP contribution in [-0.2, 0) is 19.5 Å². The van der Waals surface area contributed by atoms with Crippen LogP contribution in [-0.4, -0.2) is 11.7 Å². The van der Waals surface area contributed by atoms with Crippen LogP contribution in [0.5, 0.6) is 5.75 Å². The van der Waals surface area contributed by atoms with Gasteiger partial charge in [0.15, 0.2) is 0 Å². The van der Waals surface area contributed by atoms with Crippen molar-refractivity contribution in [3.05, 3.63) is 65.9 Å². The summed E-state index contributed by atoms with van der Waals surface area (Å²) in [6, 6.07) is 16.7. The molecule has 3 rings (SSSR count). The first kappa shape index (κ1) is 13.7. The Hall–Kier alpha value is -2.26. The van der Waals surface area contributed by atoms with E-state index in [-0.39, 0.29) is 0 Å². The van der Waals surface area contributed by atoms with Crippen LogP contribution in [0.15, 0.2) is 54.7 Å². The average Bonchev–Trinajstić information content (AvgIpc) is 2.96. The molecular weight excluding hydrogens is 260 g/mol. The van der Waals surface area contributed by atoms with Gasteiger partial charge in [-0.25, -0.2) is 0 Å². The van der Waals surface area contributed by atoms with E-state index in [0.29, 0.717) is 6.54 Å². The summed E-state index contributed by atoms with van der Waals surface area (Å²) in [6.07, 6.45) is 3.15. The molecule has 3 nitrogen and oxygen atoms in total. The summed E-state index contributed by atoms with van der Waals surface area (Å²) in [5.41, 5.74) is 9.57. The van der Waals surface area contributed by atoms with Gasteiger partial charge < -0.3 is 15.0 Å². The highest BCUT2D eigenvalue weighted by Crippen LogP contribution is 2.20. The fraction of sp³-hybridized carbons (Fsp3) is 0.222. The Bertz CT molecular complexity index is 729. The van der Waals surface area contributed by atoms with Gasteiger partial charge in [-0.2, -0.15) is 0 Å². The van der Waals surface area contributed by atoms with Crippen LogP contribution < -0.4 is 10.5 Å². The van der Waals surface area contributed by atoms with E-state index in [2.05, 4.69) is 47.2 Å². The molecule has 3 heteroatoms. The summed E-state index contributed by atoms with van der Waals surface area (Å²) in [5, 5.41) is 1.26. The zero-order valence-corrected chi connectivity index (χ0v) is 12.3. The minimum atomic E-state index is 0.583. The van der Waals surface area contributed by atoms with Crippen molar-refractivity contribution in [2.45, 2.75) is 19.5 Å². The number of hydrogen-bond acceptors (Lipinski definition) is 2. The summed E-state index contributed by atoms with van der Waals surface area (Å²) in [6.45, 7) is 1.55. The molecule has 0 bridgehead atoms. The Kier molecular flexibility index (Phi) is 3.93. The van der Waals surface area contributed by atoms with E-state index in [0.717, 1.165) is 18.7 Å². The molecule has 2 N–H and O–H groups in total. The molecule has 21 heavy (non-hydrogen) atoms. The quantitative estimate of drug-likeness (QED) is 0.778. The predicted octanol–water partition coefficient (Wildman–Crippen LogP) is 3.35. The summed E-state index contributed by atoms with van der Waals surface area (Å²) >= 11 is 0. The number of aromatic nitrogens is 1.